The van der Waals surface area contributed by atoms with Gasteiger partial charge in [-0.05, 0) is 6.08 Å². The van der Waals surface area contributed by atoms with Crippen LogP contribution >= 0.6 is 0 Å². The summed E-state index contributed by atoms with van der Waals surface area (Å²) >= 11 is 0. The van der Waals surface area contributed by atoms with E-state index >= 15 is 0 Å². The van der Waals surface area contributed by atoms with E-state index in [0.717, 1.165) is 0 Å². The SMILES string of the molecule is C=C/C=C(/C#N)C=C.CC. The van der Waals surface area contributed by atoms with Gasteiger partial charge in [-0.3, -0.25) is 0 Å². The van der Waals surface area contributed by atoms with Gasteiger partial charge in [-0.25, -0.2) is 0 Å². The average molecular weight is 135 g/mol. The Morgan fingerprint density at radius 1 is 1.40 bits per heavy atom. The van der Waals surface area contributed by atoms with Gasteiger partial charge in [0, 0.05) is 0 Å². The molecule has 0 radical (unpaired) electrons. The quantitative estimate of drug-likeness (QED) is 0.422. The van der Waals surface area contributed by atoms with Gasteiger partial charge in [0.2, 0.25) is 0 Å². The number of nitriles is 1. The largest absolute Gasteiger partial charge is 0.192 e. The summed E-state index contributed by atoms with van der Waals surface area (Å²) in [6.45, 7) is 10.8. The van der Waals surface area contributed by atoms with E-state index in [4.69, 9.17) is 5.26 Å². The van der Waals surface area contributed by atoms with E-state index in [9.17, 15) is 0 Å². The topological polar surface area (TPSA) is 23.8 Å². The van der Waals surface area contributed by atoms with Crippen LogP contribution in [-0.4, -0.2) is 0 Å². The van der Waals surface area contributed by atoms with Gasteiger partial charge in [-0.1, -0.05) is 39.2 Å². The predicted octanol–water partition coefficient (Wildman–Crippen LogP) is 2.83. The van der Waals surface area contributed by atoms with E-state index in [0.29, 0.717) is 5.57 Å². The monoisotopic (exact) mass is 135 g/mol. The van der Waals surface area contributed by atoms with Crippen LogP contribution < -0.4 is 0 Å². The molecule has 0 saturated carbocycles. The highest BCUT2D eigenvalue weighted by Gasteiger charge is 1.78. The van der Waals surface area contributed by atoms with Crippen molar-refractivity contribution in [3.63, 3.8) is 0 Å². The number of allylic oxidation sites excluding steroid dienone is 4. The highest BCUT2D eigenvalue weighted by atomic mass is 14.2. The number of nitrogens with zero attached hydrogens (tertiary/aromatic N) is 1. The van der Waals surface area contributed by atoms with Gasteiger partial charge >= 0.3 is 0 Å². The zero-order valence-corrected chi connectivity index (χ0v) is 6.59. The molecule has 0 spiro atoms. The molecule has 1 heteroatoms. The first-order valence-electron chi connectivity index (χ1n) is 3.20. The van der Waals surface area contributed by atoms with E-state index in [1.54, 1.807) is 12.2 Å². The van der Waals surface area contributed by atoms with Crippen molar-refractivity contribution in [1.29, 1.82) is 5.26 Å². The number of hydrogen-bond acceptors (Lipinski definition) is 1. The van der Waals surface area contributed by atoms with Gasteiger partial charge in [0.1, 0.15) is 0 Å². The van der Waals surface area contributed by atoms with Crippen LogP contribution in [0.25, 0.3) is 0 Å². The second-order valence-electron chi connectivity index (χ2n) is 1.17. The highest BCUT2D eigenvalue weighted by Crippen LogP contribution is 1.90. The third kappa shape index (κ3) is 6.71. The zero-order chi connectivity index (χ0) is 8.41. The minimum atomic E-state index is 0.542. The van der Waals surface area contributed by atoms with Crippen LogP contribution in [0.15, 0.2) is 37.0 Å². The molecule has 0 aromatic carbocycles. The lowest BCUT2D eigenvalue weighted by Crippen LogP contribution is -1.64. The molecule has 0 fully saturated rings. The van der Waals surface area contributed by atoms with E-state index in [1.807, 2.05) is 19.9 Å². The summed E-state index contributed by atoms with van der Waals surface area (Å²) in [6.07, 6.45) is 4.65. The van der Waals surface area contributed by atoms with Crippen molar-refractivity contribution in [2.24, 2.45) is 0 Å². The molecule has 10 heavy (non-hydrogen) atoms. The summed E-state index contributed by atoms with van der Waals surface area (Å²) in [7, 11) is 0. The molecule has 0 heterocycles. The van der Waals surface area contributed by atoms with Crippen LogP contribution in [-0.2, 0) is 0 Å². The fourth-order valence-electron chi connectivity index (χ4n) is 0.278. The van der Waals surface area contributed by atoms with Crippen LogP contribution in [0.1, 0.15) is 13.8 Å². The summed E-state index contributed by atoms with van der Waals surface area (Å²) in [4.78, 5) is 0. The molecular formula is C9H13N. The lowest BCUT2D eigenvalue weighted by molar-refractivity contribution is 1.50. The van der Waals surface area contributed by atoms with Gasteiger partial charge in [0.25, 0.3) is 0 Å². The van der Waals surface area contributed by atoms with E-state index in [1.165, 1.54) is 6.08 Å². The molecule has 0 saturated heterocycles. The van der Waals surface area contributed by atoms with Crippen LogP contribution in [0.5, 0.6) is 0 Å². The molecule has 0 N–H and O–H groups in total. The third-order valence-corrected chi connectivity index (χ3v) is 0.646. The Morgan fingerprint density at radius 2 is 1.90 bits per heavy atom. The van der Waals surface area contributed by atoms with Crippen molar-refractivity contribution in [3.8, 4) is 6.07 Å². The maximum atomic E-state index is 8.22. The van der Waals surface area contributed by atoms with Crippen molar-refractivity contribution < 1.29 is 0 Å². The van der Waals surface area contributed by atoms with Crippen LogP contribution in [0.2, 0.25) is 0 Å². The average Bonchev–Trinajstić information content (AvgIpc) is 2.04. The van der Waals surface area contributed by atoms with Gasteiger partial charge in [-0.2, -0.15) is 5.26 Å². The number of hydrogen-bond donors (Lipinski definition) is 0. The van der Waals surface area contributed by atoms with E-state index in [2.05, 4.69) is 13.2 Å². The first-order chi connectivity index (χ1) is 4.85. The number of rotatable bonds is 2. The third-order valence-electron chi connectivity index (χ3n) is 0.646. The maximum Gasteiger partial charge on any atom is 0.0991 e. The summed E-state index contributed by atoms with van der Waals surface area (Å²) in [5.74, 6) is 0. The Bertz CT molecular complexity index is 158. The molecule has 54 valence electrons. The molecule has 0 aromatic rings. The Hall–Kier alpha value is -1.29. The molecule has 0 bridgehead atoms. The molecule has 0 aliphatic heterocycles. The Kier molecular flexibility index (Phi) is 12.2. The highest BCUT2D eigenvalue weighted by molar-refractivity contribution is 5.33. The summed E-state index contributed by atoms with van der Waals surface area (Å²) in [5.41, 5.74) is 0.542. The van der Waals surface area contributed by atoms with Crippen molar-refractivity contribution in [1.82, 2.24) is 0 Å². The Labute approximate surface area is 63.0 Å². The van der Waals surface area contributed by atoms with Crippen LogP contribution in [0, 0.1) is 11.3 Å². The van der Waals surface area contributed by atoms with Crippen LogP contribution in [0.4, 0.5) is 0 Å². The molecule has 0 atom stereocenters. The summed E-state index contributed by atoms with van der Waals surface area (Å²) < 4.78 is 0. The van der Waals surface area contributed by atoms with Crippen LogP contribution in [0.3, 0.4) is 0 Å². The van der Waals surface area contributed by atoms with E-state index in [-0.39, 0.29) is 0 Å². The van der Waals surface area contributed by atoms with Gasteiger partial charge in [-0.15, -0.1) is 0 Å². The zero-order valence-electron chi connectivity index (χ0n) is 6.59. The molecule has 0 rings (SSSR count). The van der Waals surface area contributed by atoms with Crippen molar-refractivity contribution >= 4 is 0 Å². The second kappa shape index (κ2) is 10.6. The Balaban J connectivity index is 0. The molecule has 0 aliphatic carbocycles. The minimum Gasteiger partial charge on any atom is -0.192 e. The minimum absolute atomic E-state index is 0.542. The first-order valence-corrected chi connectivity index (χ1v) is 3.20. The van der Waals surface area contributed by atoms with Gasteiger partial charge in [0.15, 0.2) is 0 Å². The predicted molar refractivity (Wildman–Crippen MR) is 45.4 cm³/mol. The molecular weight excluding hydrogens is 122 g/mol. The lowest BCUT2D eigenvalue weighted by Gasteiger charge is -1.76. The maximum absolute atomic E-state index is 8.22. The van der Waals surface area contributed by atoms with E-state index < -0.39 is 0 Å². The summed E-state index contributed by atoms with van der Waals surface area (Å²) in [6, 6.07) is 1.92. The first kappa shape index (κ1) is 11.5. The normalized spacial score (nSPS) is 8.30. The Morgan fingerprint density at radius 3 is 2.00 bits per heavy atom. The molecule has 1 nitrogen and oxygen atoms in total. The fourth-order valence-corrected chi connectivity index (χ4v) is 0.278. The molecule has 0 unspecified atom stereocenters. The molecule has 0 aromatic heterocycles. The smallest absolute Gasteiger partial charge is 0.0991 e. The van der Waals surface area contributed by atoms with Crippen molar-refractivity contribution in [2.75, 3.05) is 0 Å². The molecule has 0 aliphatic rings. The lowest BCUT2D eigenvalue weighted by atomic mass is 10.3. The standard InChI is InChI=1S/C7H7N.C2H6/c1-3-5-7(4-2)6-8;1-2/h3-5H,1-2H2;1-2H3/b7-5+;. The fraction of sp³-hybridized carbons (Fsp3) is 0.222. The van der Waals surface area contributed by atoms with Crippen molar-refractivity contribution in [2.45, 2.75) is 13.8 Å². The second-order valence-corrected chi connectivity index (χ2v) is 1.17. The van der Waals surface area contributed by atoms with Crippen molar-refractivity contribution in [3.05, 3.63) is 37.0 Å². The molecule has 0 amide bonds. The summed E-state index contributed by atoms with van der Waals surface area (Å²) in [5, 5.41) is 8.22. The van der Waals surface area contributed by atoms with Gasteiger partial charge in [0.05, 0.1) is 11.6 Å². The van der Waals surface area contributed by atoms with Gasteiger partial charge < -0.3 is 0 Å².